The van der Waals surface area contributed by atoms with Gasteiger partial charge in [-0.2, -0.15) is 0 Å². The molecule has 0 aliphatic rings. The van der Waals surface area contributed by atoms with Crippen molar-refractivity contribution in [2.24, 2.45) is 0 Å². The molecule has 0 fully saturated rings. The minimum absolute atomic E-state index is 0.0612. The summed E-state index contributed by atoms with van der Waals surface area (Å²) in [5, 5.41) is 5.75. The SMILES string of the molecule is CCC(C)NC(=O)c1ccccc1NC(=O)C(C)Oc1ccccc1C(C)C. The van der Waals surface area contributed by atoms with Gasteiger partial charge in [0.25, 0.3) is 11.8 Å². The van der Waals surface area contributed by atoms with Crippen LogP contribution in [0.4, 0.5) is 5.69 Å². The molecule has 0 aliphatic carbocycles. The lowest BCUT2D eigenvalue weighted by Gasteiger charge is -2.19. The molecule has 150 valence electrons. The van der Waals surface area contributed by atoms with Crippen LogP contribution in [-0.2, 0) is 4.79 Å². The molecule has 0 saturated carbocycles. The first-order valence-corrected chi connectivity index (χ1v) is 9.79. The largest absolute Gasteiger partial charge is 0.481 e. The van der Waals surface area contributed by atoms with Crippen molar-refractivity contribution in [3.05, 3.63) is 59.7 Å². The number of anilines is 1. The van der Waals surface area contributed by atoms with E-state index in [1.807, 2.05) is 38.1 Å². The van der Waals surface area contributed by atoms with Gasteiger partial charge in [0.15, 0.2) is 6.10 Å². The maximum absolute atomic E-state index is 12.7. The molecule has 0 aliphatic heterocycles. The van der Waals surface area contributed by atoms with E-state index < -0.39 is 6.10 Å². The predicted molar refractivity (Wildman–Crippen MR) is 113 cm³/mol. The van der Waals surface area contributed by atoms with Crippen molar-refractivity contribution in [1.29, 1.82) is 0 Å². The zero-order valence-corrected chi connectivity index (χ0v) is 17.3. The zero-order valence-electron chi connectivity index (χ0n) is 17.3. The Bertz CT molecular complexity index is 817. The van der Waals surface area contributed by atoms with Crippen molar-refractivity contribution in [2.45, 2.75) is 59.1 Å². The third-order valence-corrected chi connectivity index (χ3v) is 4.63. The Morgan fingerprint density at radius 2 is 1.61 bits per heavy atom. The molecular weight excluding hydrogens is 352 g/mol. The molecule has 0 radical (unpaired) electrons. The molecule has 0 aromatic heterocycles. The van der Waals surface area contributed by atoms with E-state index in [1.165, 1.54) is 0 Å². The fraction of sp³-hybridized carbons (Fsp3) is 0.391. The second-order valence-corrected chi connectivity index (χ2v) is 7.27. The van der Waals surface area contributed by atoms with E-state index in [9.17, 15) is 9.59 Å². The number of para-hydroxylation sites is 2. The van der Waals surface area contributed by atoms with Gasteiger partial charge in [-0.25, -0.2) is 0 Å². The zero-order chi connectivity index (χ0) is 20.7. The van der Waals surface area contributed by atoms with Gasteiger partial charge in [0.1, 0.15) is 5.75 Å². The Labute approximate surface area is 167 Å². The first-order chi connectivity index (χ1) is 13.3. The number of carbonyl (C=O) groups excluding carboxylic acids is 2. The van der Waals surface area contributed by atoms with Crippen molar-refractivity contribution in [3.63, 3.8) is 0 Å². The van der Waals surface area contributed by atoms with Crippen molar-refractivity contribution >= 4 is 17.5 Å². The molecule has 0 heterocycles. The van der Waals surface area contributed by atoms with Gasteiger partial charge in [-0.1, -0.05) is 51.1 Å². The quantitative estimate of drug-likeness (QED) is 0.693. The van der Waals surface area contributed by atoms with Gasteiger partial charge in [0.05, 0.1) is 11.3 Å². The summed E-state index contributed by atoms with van der Waals surface area (Å²) in [5.74, 6) is 0.478. The topological polar surface area (TPSA) is 67.4 Å². The first kappa shape index (κ1) is 21.5. The minimum Gasteiger partial charge on any atom is -0.481 e. The Kier molecular flexibility index (Phi) is 7.61. The molecule has 5 nitrogen and oxygen atoms in total. The van der Waals surface area contributed by atoms with Gasteiger partial charge < -0.3 is 15.4 Å². The fourth-order valence-electron chi connectivity index (χ4n) is 2.74. The second-order valence-electron chi connectivity index (χ2n) is 7.27. The highest BCUT2D eigenvalue weighted by molar-refractivity contribution is 6.04. The maximum atomic E-state index is 12.7. The number of carbonyl (C=O) groups is 2. The molecule has 2 rings (SSSR count). The molecule has 2 aromatic rings. The Hall–Kier alpha value is -2.82. The summed E-state index contributed by atoms with van der Waals surface area (Å²) in [5.41, 5.74) is 1.96. The van der Waals surface area contributed by atoms with Crippen LogP contribution in [0.15, 0.2) is 48.5 Å². The maximum Gasteiger partial charge on any atom is 0.265 e. The van der Waals surface area contributed by atoms with Gasteiger partial charge in [-0.3, -0.25) is 9.59 Å². The monoisotopic (exact) mass is 382 g/mol. The molecule has 0 bridgehead atoms. The standard InChI is InChI=1S/C23H30N2O3/c1-6-16(4)24-23(27)19-12-7-9-13-20(19)25-22(26)17(5)28-21-14-10-8-11-18(21)15(2)3/h7-17H,6H2,1-5H3,(H,24,27)(H,25,26). The molecule has 2 amide bonds. The number of rotatable bonds is 8. The highest BCUT2D eigenvalue weighted by atomic mass is 16.5. The van der Waals surface area contributed by atoms with E-state index in [-0.39, 0.29) is 23.8 Å². The first-order valence-electron chi connectivity index (χ1n) is 9.79. The van der Waals surface area contributed by atoms with Crippen LogP contribution < -0.4 is 15.4 Å². The average molecular weight is 383 g/mol. The highest BCUT2D eigenvalue weighted by Crippen LogP contribution is 2.27. The van der Waals surface area contributed by atoms with Crippen LogP contribution in [0.25, 0.3) is 0 Å². The normalized spacial score (nSPS) is 12.9. The van der Waals surface area contributed by atoms with Crippen LogP contribution in [0.5, 0.6) is 5.75 Å². The van der Waals surface area contributed by atoms with Gasteiger partial charge in [-0.15, -0.1) is 0 Å². The van der Waals surface area contributed by atoms with E-state index in [2.05, 4.69) is 24.5 Å². The molecule has 0 saturated heterocycles. The van der Waals surface area contributed by atoms with Crippen LogP contribution >= 0.6 is 0 Å². The molecule has 2 unspecified atom stereocenters. The lowest BCUT2D eigenvalue weighted by Crippen LogP contribution is -2.34. The summed E-state index contributed by atoms with van der Waals surface area (Å²) in [4.78, 5) is 25.2. The van der Waals surface area contributed by atoms with Gasteiger partial charge in [-0.05, 0) is 49.9 Å². The Balaban J connectivity index is 2.12. The number of amides is 2. The van der Waals surface area contributed by atoms with Crippen molar-refractivity contribution in [1.82, 2.24) is 5.32 Å². The number of hydrogen-bond acceptors (Lipinski definition) is 3. The lowest BCUT2D eigenvalue weighted by atomic mass is 10.0. The number of nitrogens with one attached hydrogen (secondary N) is 2. The molecule has 5 heteroatoms. The van der Waals surface area contributed by atoms with E-state index in [0.29, 0.717) is 17.0 Å². The highest BCUT2D eigenvalue weighted by Gasteiger charge is 2.20. The summed E-state index contributed by atoms with van der Waals surface area (Å²) < 4.78 is 5.91. The van der Waals surface area contributed by atoms with E-state index in [0.717, 1.165) is 12.0 Å². The van der Waals surface area contributed by atoms with Gasteiger partial charge in [0, 0.05) is 6.04 Å². The van der Waals surface area contributed by atoms with E-state index in [1.54, 1.807) is 31.2 Å². The van der Waals surface area contributed by atoms with E-state index in [4.69, 9.17) is 4.74 Å². The molecule has 28 heavy (non-hydrogen) atoms. The minimum atomic E-state index is -0.703. The number of ether oxygens (including phenoxy) is 1. The summed E-state index contributed by atoms with van der Waals surface area (Å²) in [6, 6.07) is 14.8. The third-order valence-electron chi connectivity index (χ3n) is 4.63. The smallest absolute Gasteiger partial charge is 0.265 e. The van der Waals surface area contributed by atoms with Crippen LogP contribution in [0.1, 0.15) is 62.9 Å². The Morgan fingerprint density at radius 3 is 2.29 bits per heavy atom. The number of hydrogen-bond donors (Lipinski definition) is 2. The van der Waals surface area contributed by atoms with E-state index >= 15 is 0 Å². The third kappa shape index (κ3) is 5.59. The van der Waals surface area contributed by atoms with Crippen LogP contribution in [-0.4, -0.2) is 24.0 Å². The van der Waals surface area contributed by atoms with Crippen LogP contribution in [0.3, 0.4) is 0 Å². The summed E-state index contributed by atoms with van der Waals surface area (Å²) >= 11 is 0. The average Bonchev–Trinajstić information content (AvgIpc) is 2.68. The second kappa shape index (κ2) is 9.93. The van der Waals surface area contributed by atoms with Crippen LogP contribution in [0, 0.1) is 0 Å². The predicted octanol–water partition coefficient (Wildman–Crippen LogP) is 4.74. The van der Waals surface area contributed by atoms with Crippen molar-refractivity contribution in [2.75, 3.05) is 5.32 Å². The van der Waals surface area contributed by atoms with Crippen molar-refractivity contribution < 1.29 is 14.3 Å². The summed E-state index contributed by atoms with van der Waals surface area (Å²) in [6.07, 6.45) is 0.131. The molecular formula is C23H30N2O3. The molecule has 0 spiro atoms. The summed E-state index contributed by atoms with van der Waals surface area (Å²) in [7, 11) is 0. The lowest BCUT2D eigenvalue weighted by molar-refractivity contribution is -0.122. The molecule has 2 aromatic carbocycles. The number of benzene rings is 2. The molecule has 2 N–H and O–H groups in total. The van der Waals surface area contributed by atoms with Crippen molar-refractivity contribution in [3.8, 4) is 5.75 Å². The Morgan fingerprint density at radius 1 is 0.964 bits per heavy atom. The van der Waals surface area contributed by atoms with Crippen LogP contribution in [0.2, 0.25) is 0 Å². The van der Waals surface area contributed by atoms with Gasteiger partial charge in [0.2, 0.25) is 0 Å². The van der Waals surface area contributed by atoms with Gasteiger partial charge >= 0.3 is 0 Å². The molecule has 2 atom stereocenters. The fourth-order valence-corrected chi connectivity index (χ4v) is 2.74. The summed E-state index contributed by atoms with van der Waals surface area (Å²) in [6.45, 7) is 9.82.